The number of H-pyrrole nitrogens is 1. The zero-order chi connectivity index (χ0) is 13.4. The SMILES string of the molecule is COc1cc(F)cc(-c2cc(N)n[nH]2)c1OC1CC1. The smallest absolute Gasteiger partial charge is 0.171 e. The van der Waals surface area contributed by atoms with Gasteiger partial charge in [-0.25, -0.2) is 4.39 Å². The fraction of sp³-hybridized carbons (Fsp3) is 0.308. The molecule has 19 heavy (non-hydrogen) atoms. The van der Waals surface area contributed by atoms with E-state index in [0.717, 1.165) is 12.8 Å². The van der Waals surface area contributed by atoms with Crippen molar-refractivity contribution in [3.8, 4) is 22.8 Å². The molecule has 1 heterocycles. The van der Waals surface area contributed by atoms with E-state index in [2.05, 4.69) is 10.2 Å². The molecule has 100 valence electrons. The van der Waals surface area contributed by atoms with Crippen LogP contribution >= 0.6 is 0 Å². The first-order valence-electron chi connectivity index (χ1n) is 6.03. The minimum Gasteiger partial charge on any atom is -0.493 e. The predicted molar refractivity (Wildman–Crippen MR) is 68.6 cm³/mol. The number of nitrogens with one attached hydrogen (secondary N) is 1. The van der Waals surface area contributed by atoms with Gasteiger partial charge in [0, 0.05) is 17.7 Å². The van der Waals surface area contributed by atoms with Crippen molar-refractivity contribution in [2.45, 2.75) is 18.9 Å². The van der Waals surface area contributed by atoms with Crippen LogP contribution in [0.15, 0.2) is 18.2 Å². The number of hydrogen-bond donors (Lipinski definition) is 2. The topological polar surface area (TPSA) is 73.2 Å². The molecule has 0 radical (unpaired) electrons. The van der Waals surface area contributed by atoms with Crippen molar-refractivity contribution >= 4 is 5.82 Å². The fourth-order valence-corrected chi connectivity index (χ4v) is 1.87. The summed E-state index contributed by atoms with van der Waals surface area (Å²) in [7, 11) is 1.49. The van der Waals surface area contributed by atoms with Crippen molar-refractivity contribution in [3.63, 3.8) is 0 Å². The highest BCUT2D eigenvalue weighted by atomic mass is 19.1. The predicted octanol–water partition coefficient (Wildman–Crippen LogP) is 2.35. The average Bonchev–Trinajstić information content (AvgIpc) is 3.11. The number of benzene rings is 1. The molecule has 0 spiro atoms. The molecule has 5 nitrogen and oxygen atoms in total. The lowest BCUT2D eigenvalue weighted by molar-refractivity contribution is 0.282. The molecule has 0 aliphatic heterocycles. The van der Waals surface area contributed by atoms with E-state index in [4.69, 9.17) is 15.2 Å². The van der Waals surface area contributed by atoms with Crippen LogP contribution < -0.4 is 15.2 Å². The Morgan fingerprint density at radius 3 is 2.74 bits per heavy atom. The Hall–Kier alpha value is -2.24. The van der Waals surface area contributed by atoms with Crippen LogP contribution in [0.1, 0.15) is 12.8 Å². The molecule has 3 rings (SSSR count). The highest BCUT2D eigenvalue weighted by Gasteiger charge is 2.27. The van der Waals surface area contributed by atoms with Gasteiger partial charge in [0.15, 0.2) is 11.5 Å². The van der Waals surface area contributed by atoms with E-state index >= 15 is 0 Å². The molecule has 0 bridgehead atoms. The molecule has 1 aliphatic rings. The Balaban J connectivity index is 2.11. The zero-order valence-corrected chi connectivity index (χ0v) is 10.4. The van der Waals surface area contributed by atoms with Crippen LogP contribution in [0.5, 0.6) is 11.5 Å². The highest BCUT2D eigenvalue weighted by Crippen LogP contribution is 2.41. The lowest BCUT2D eigenvalue weighted by Gasteiger charge is -2.14. The van der Waals surface area contributed by atoms with Gasteiger partial charge < -0.3 is 15.2 Å². The van der Waals surface area contributed by atoms with Gasteiger partial charge in [0.2, 0.25) is 0 Å². The maximum Gasteiger partial charge on any atom is 0.171 e. The zero-order valence-electron chi connectivity index (χ0n) is 10.4. The summed E-state index contributed by atoms with van der Waals surface area (Å²) in [5.74, 6) is 0.837. The van der Waals surface area contributed by atoms with Crippen LogP contribution in [0, 0.1) is 5.82 Å². The van der Waals surface area contributed by atoms with Crippen LogP contribution in [-0.4, -0.2) is 23.4 Å². The molecule has 6 heteroatoms. The second-order valence-corrected chi connectivity index (χ2v) is 4.51. The quantitative estimate of drug-likeness (QED) is 0.888. The first kappa shape index (κ1) is 11.8. The minimum absolute atomic E-state index is 0.179. The van der Waals surface area contributed by atoms with E-state index in [9.17, 15) is 4.39 Å². The number of nitrogen functional groups attached to an aromatic ring is 1. The van der Waals surface area contributed by atoms with E-state index in [-0.39, 0.29) is 6.10 Å². The van der Waals surface area contributed by atoms with E-state index in [0.29, 0.717) is 28.6 Å². The molecule has 0 atom stereocenters. The summed E-state index contributed by atoms with van der Waals surface area (Å²) in [6.07, 6.45) is 2.19. The number of rotatable bonds is 4. The number of aromatic nitrogens is 2. The molecular formula is C13H14FN3O2. The van der Waals surface area contributed by atoms with Crippen molar-refractivity contribution in [2.24, 2.45) is 0 Å². The Kier molecular flexibility index (Phi) is 2.77. The molecule has 1 aromatic carbocycles. The minimum atomic E-state index is -0.400. The lowest BCUT2D eigenvalue weighted by atomic mass is 10.1. The molecule has 1 saturated carbocycles. The maximum atomic E-state index is 13.6. The third-order valence-corrected chi connectivity index (χ3v) is 2.94. The van der Waals surface area contributed by atoms with Crippen molar-refractivity contribution in [3.05, 3.63) is 24.0 Å². The summed E-state index contributed by atoms with van der Waals surface area (Å²) in [5.41, 5.74) is 6.75. The molecule has 1 aliphatic carbocycles. The number of aromatic amines is 1. The van der Waals surface area contributed by atoms with Crippen molar-refractivity contribution in [1.82, 2.24) is 10.2 Å². The molecule has 2 aromatic rings. The van der Waals surface area contributed by atoms with Gasteiger partial charge in [-0.15, -0.1) is 0 Å². The van der Waals surface area contributed by atoms with Crippen molar-refractivity contribution in [1.29, 1.82) is 0 Å². The molecule has 0 saturated heterocycles. The number of anilines is 1. The largest absolute Gasteiger partial charge is 0.493 e. The molecule has 0 amide bonds. The van der Waals surface area contributed by atoms with Gasteiger partial charge in [0.05, 0.1) is 18.9 Å². The summed E-state index contributed by atoms with van der Waals surface area (Å²) >= 11 is 0. The third kappa shape index (κ3) is 2.33. The monoisotopic (exact) mass is 263 g/mol. The normalized spacial score (nSPS) is 14.4. The first-order valence-corrected chi connectivity index (χ1v) is 6.03. The molecule has 3 N–H and O–H groups in total. The van der Waals surface area contributed by atoms with Gasteiger partial charge in [0.25, 0.3) is 0 Å². The number of halogens is 1. The van der Waals surface area contributed by atoms with Crippen LogP contribution in [0.25, 0.3) is 11.3 Å². The Morgan fingerprint density at radius 1 is 1.37 bits per heavy atom. The Labute approximate surface area is 109 Å². The molecular weight excluding hydrogens is 249 g/mol. The number of ether oxygens (including phenoxy) is 2. The second kappa shape index (κ2) is 4.46. The second-order valence-electron chi connectivity index (χ2n) is 4.51. The van der Waals surface area contributed by atoms with Crippen LogP contribution in [0.3, 0.4) is 0 Å². The summed E-state index contributed by atoms with van der Waals surface area (Å²) in [6, 6.07) is 4.32. The number of nitrogens with zero attached hydrogens (tertiary/aromatic N) is 1. The van der Waals surface area contributed by atoms with Gasteiger partial charge in [-0.2, -0.15) is 5.10 Å². The summed E-state index contributed by atoms with van der Waals surface area (Å²) in [5, 5.41) is 6.61. The van der Waals surface area contributed by atoms with Gasteiger partial charge in [-0.05, 0) is 18.9 Å². The molecule has 1 aromatic heterocycles. The lowest BCUT2D eigenvalue weighted by Crippen LogP contribution is -2.01. The van der Waals surface area contributed by atoms with Gasteiger partial charge in [-0.3, -0.25) is 5.10 Å². The van der Waals surface area contributed by atoms with Crippen molar-refractivity contribution < 1.29 is 13.9 Å². The Bertz CT molecular complexity index is 608. The van der Waals surface area contributed by atoms with Crippen LogP contribution in [0.4, 0.5) is 10.2 Å². The third-order valence-electron chi connectivity index (χ3n) is 2.94. The number of nitrogens with two attached hydrogens (primary N) is 1. The maximum absolute atomic E-state index is 13.6. The van der Waals surface area contributed by atoms with E-state index in [1.165, 1.54) is 19.2 Å². The van der Waals surface area contributed by atoms with Crippen LogP contribution in [-0.2, 0) is 0 Å². The van der Waals surface area contributed by atoms with E-state index < -0.39 is 5.82 Å². The standard InChI is InChI=1S/C13H14FN3O2/c1-18-11-5-7(14)4-9(10-6-12(15)17-16-10)13(11)19-8-2-3-8/h4-6,8H,2-3H2,1H3,(H3,15,16,17). The average molecular weight is 263 g/mol. The van der Waals surface area contributed by atoms with Gasteiger partial charge in [0.1, 0.15) is 11.6 Å². The van der Waals surface area contributed by atoms with Crippen LogP contribution in [0.2, 0.25) is 0 Å². The number of hydrogen-bond acceptors (Lipinski definition) is 4. The summed E-state index contributed by atoms with van der Waals surface area (Å²) in [6.45, 7) is 0. The molecule has 1 fully saturated rings. The van der Waals surface area contributed by atoms with Crippen molar-refractivity contribution in [2.75, 3.05) is 12.8 Å². The summed E-state index contributed by atoms with van der Waals surface area (Å²) < 4.78 is 24.6. The Morgan fingerprint density at radius 2 is 2.16 bits per heavy atom. The number of methoxy groups -OCH3 is 1. The fourth-order valence-electron chi connectivity index (χ4n) is 1.87. The van der Waals surface area contributed by atoms with Gasteiger partial charge >= 0.3 is 0 Å². The first-order chi connectivity index (χ1) is 9.17. The van der Waals surface area contributed by atoms with E-state index in [1.807, 2.05) is 0 Å². The summed E-state index contributed by atoms with van der Waals surface area (Å²) in [4.78, 5) is 0. The molecule has 0 unspecified atom stereocenters. The van der Waals surface area contributed by atoms with Gasteiger partial charge in [-0.1, -0.05) is 0 Å². The highest BCUT2D eigenvalue weighted by molar-refractivity contribution is 5.72. The van der Waals surface area contributed by atoms with E-state index in [1.54, 1.807) is 6.07 Å².